The zero-order valence-corrected chi connectivity index (χ0v) is 20.0. The molecular weight excluding hydrogens is 432 g/mol. The average Bonchev–Trinajstić information content (AvgIpc) is 3.25. The third-order valence-electron chi connectivity index (χ3n) is 6.41. The highest BCUT2D eigenvalue weighted by Gasteiger charge is 2.42. The van der Waals surface area contributed by atoms with E-state index in [1.807, 2.05) is 42.5 Å². The fraction of sp³-hybridized carbons (Fsp3) is 0.346. The van der Waals surface area contributed by atoms with Crippen LogP contribution < -0.4 is 19.5 Å². The summed E-state index contributed by atoms with van der Waals surface area (Å²) in [5.74, 6) is 3.34. The van der Waals surface area contributed by atoms with Crippen LogP contribution in [0.5, 0.6) is 17.2 Å². The molecule has 0 radical (unpaired) electrons. The van der Waals surface area contributed by atoms with Crippen molar-refractivity contribution in [1.29, 1.82) is 0 Å². The van der Waals surface area contributed by atoms with Gasteiger partial charge >= 0.3 is 0 Å². The van der Waals surface area contributed by atoms with E-state index in [4.69, 9.17) is 24.3 Å². The average molecular weight is 461 g/mol. The Balaban J connectivity index is 1.70. The smallest absolute Gasteiger partial charge is 0.226 e. The molecule has 1 unspecified atom stereocenters. The number of allylic oxidation sites excluding steroid dienone is 2. The first-order valence-corrected chi connectivity index (χ1v) is 11.2. The van der Waals surface area contributed by atoms with Gasteiger partial charge in [0, 0.05) is 28.8 Å². The summed E-state index contributed by atoms with van der Waals surface area (Å²) in [6.07, 6.45) is 1.20. The monoisotopic (exact) mass is 460 g/mol. The van der Waals surface area contributed by atoms with E-state index in [1.54, 1.807) is 26.0 Å². The number of rotatable bonds is 5. The highest BCUT2D eigenvalue weighted by atomic mass is 16.5. The summed E-state index contributed by atoms with van der Waals surface area (Å²) in [6, 6.07) is 12.7. The van der Waals surface area contributed by atoms with E-state index < -0.39 is 6.04 Å². The van der Waals surface area contributed by atoms with Crippen LogP contribution in [0.1, 0.15) is 38.3 Å². The predicted molar refractivity (Wildman–Crippen MR) is 128 cm³/mol. The van der Waals surface area contributed by atoms with E-state index in [0.29, 0.717) is 35.3 Å². The number of benzene rings is 2. The van der Waals surface area contributed by atoms with Crippen LogP contribution in [0.3, 0.4) is 0 Å². The van der Waals surface area contributed by atoms with Crippen molar-refractivity contribution in [3.8, 4) is 28.6 Å². The zero-order chi connectivity index (χ0) is 24.0. The zero-order valence-electron chi connectivity index (χ0n) is 20.0. The number of fused-ring (bicyclic) bond motifs is 1. The number of nitrogens with zero attached hydrogens (tertiary/aromatic N) is 3. The second-order valence-electron chi connectivity index (χ2n) is 9.40. The summed E-state index contributed by atoms with van der Waals surface area (Å²) in [6.45, 7) is 4.22. The fourth-order valence-corrected chi connectivity index (χ4v) is 4.81. The molecule has 0 saturated carbocycles. The number of Topliss-reactive ketones (excluding diaryl/α,β-unsaturated/α-hetero) is 1. The largest absolute Gasteiger partial charge is 0.497 e. The Morgan fingerprint density at radius 3 is 2.35 bits per heavy atom. The molecule has 34 heavy (non-hydrogen) atoms. The fourth-order valence-electron chi connectivity index (χ4n) is 4.81. The predicted octanol–water partition coefficient (Wildman–Crippen LogP) is 4.63. The molecule has 5 rings (SSSR count). The van der Waals surface area contributed by atoms with Crippen molar-refractivity contribution in [2.24, 2.45) is 5.41 Å². The standard InChI is InChI=1S/C26H28N4O4/c1-26(2)13-19-22(20(31)14-26)23(18-12-17(33-4)10-11-21(18)34-5)30-25(27-19)28-24(29-30)15-6-8-16(32-3)9-7-15/h6-12,23H,13-14H2,1-5H3,(H,27,28,29). The van der Waals surface area contributed by atoms with E-state index >= 15 is 0 Å². The SMILES string of the molecule is COc1ccc(-c2nc3n(n2)C(c2cc(OC)ccc2OC)C2=C(CC(C)(C)CC2=O)N3)cc1. The third kappa shape index (κ3) is 3.69. The van der Waals surface area contributed by atoms with Crippen LogP contribution in [0, 0.1) is 5.41 Å². The molecule has 0 bridgehead atoms. The number of methoxy groups -OCH3 is 3. The first-order valence-electron chi connectivity index (χ1n) is 11.2. The normalized spacial score (nSPS) is 18.6. The van der Waals surface area contributed by atoms with E-state index in [-0.39, 0.29) is 11.2 Å². The molecule has 176 valence electrons. The second-order valence-corrected chi connectivity index (χ2v) is 9.40. The van der Waals surface area contributed by atoms with Crippen molar-refractivity contribution in [1.82, 2.24) is 14.8 Å². The summed E-state index contributed by atoms with van der Waals surface area (Å²) >= 11 is 0. The van der Waals surface area contributed by atoms with Crippen molar-refractivity contribution >= 4 is 11.7 Å². The lowest BCUT2D eigenvalue weighted by atomic mass is 9.73. The van der Waals surface area contributed by atoms with Crippen LogP contribution in [-0.2, 0) is 4.79 Å². The van der Waals surface area contributed by atoms with E-state index in [0.717, 1.165) is 29.0 Å². The topological polar surface area (TPSA) is 87.5 Å². The van der Waals surface area contributed by atoms with E-state index in [1.165, 1.54) is 0 Å². The summed E-state index contributed by atoms with van der Waals surface area (Å²) in [4.78, 5) is 18.3. The lowest BCUT2D eigenvalue weighted by molar-refractivity contribution is -0.118. The van der Waals surface area contributed by atoms with Gasteiger partial charge in [0.1, 0.15) is 23.3 Å². The Bertz CT molecular complexity index is 1290. The highest BCUT2D eigenvalue weighted by Crippen LogP contribution is 2.47. The molecule has 2 heterocycles. The molecule has 1 atom stereocenters. The number of hydrogen-bond donors (Lipinski definition) is 1. The molecule has 8 heteroatoms. The van der Waals surface area contributed by atoms with Gasteiger partial charge in [0.25, 0.3) is 0 Å². The summed E-state index contributed by atoms with van der Waals surface area (Å²) < 4.78 is 18.3. The number of carbonyl (C=O) groups is 1. The van der Waals surface area contributed by atoms with Gasteiger partial charge in [0.05, 0.1) is 21.3 Å². The molecule has 8 nitrogen and oxygen atoms in total. The molecule has 0 fully saturated rings. The molecule has 1 aliphatic carbocycles. The Labute approximate surface area is 198 Å². The van der Waals surface area contributed by atoms with Gasteiger partial charge in [-0.05, 0) is 54.3 Å². The number of aromatic nitrogens is 3. The molecule has 0 spiro atoms. The Morgan fingerprint density at radius 1 is 0.971 bits per heavy atom. The van der Waals surface area contributed by atoms with Crippen LogP contribution in [0.2, 0.25) is 0 Å². The highest BCUT2D eigenvalue weighted by molar-refractivity contribution is 6.00. The van der Waals surface area contributed by atoms with Crippen LogP contribution in [0.25, 0.3) is 11.4 Å². The number of carbonyl (C=O) groups excluding carboxylic acids is 1. The molecule has 2 aliphatic rings. The van der Waals surface area contributed by atoms with E-state index in [2.05, 4.69) is 19.2 Å². The lowest BCUT2D eigenvalue weighted by Gasteiger charge is -2.38. The first kappa shape index (κ1) is 22.0. The van der Waals surface area contributed by atoms with Crippen molar-refractivity contribution in [3.05, 3.63) is 59.3 Å². The van der Waals surface area contributed by atoms with Crippen LogP contribution in [-0.4, -0.2) is 41.9 Å². The Morgan fingerprint density at radius 2 is 1.68 bits per heavy atom. The van der Waals surface area contributed by atoms with Crippen molar-refractivity contribution in [2.75, 3.05) is 26.6 Å². The summed E-state index contributed by atoms with van der Waals surface area (Å²) in [5.41, 5.74) is 3.09. The maximum absolute atomic E-state index is 13.5. The van der Waals surface area contributed by atoms with Crippen LogP contribution in [0.4, 0.5) is 5.95 Å². The number of hydrogen-bond acceptors (Lipinski definition) is 7. The quantitative estimate of drug-likeness (QED) is 0.594. The van der Waals surface area contributed by atoms with Gasteiger partial charge in [-0.15, -0.1) is 5.10 Å². The lowest BCUT2D eigenvalue weighted by Crippen LogP contribution is -2.36. The first-order chi connectivity index (χ1) is 16.3. The minimum Gasteiger partial charge on any atom is -0.497 e. The molecule has 1 aromatic heterocycles. The van der Waals surface area contributed by atoms with Gasteiger partial charge in [0.15, 0.2) is 11.6 Å². The van der Waals surface area contributed by atoms with Gasteiger partial charge in [0.2, 0.25) is 5.95 Å². The van der Waals surface area contributed by atoms with E-state index in [9.17, 15) is 4.79 Å². The summed E-state index contributed by atoms with van der Waals surface area (Å²) in [7, 11) is 4.88. The van der Waals surface area contributed by atoms with Gasteiger partial charge in [-0.3, -0.25) is 4.79 Å². The maximum atomic E-state index is 13.5. The van der Waals surface area contributed by atoms with Crippen molar-refractivity contribution < 1.29 is 19.0 Å². The number of ketones is 1. The van der Waals surface area contributed by atoms with Gasteiger partial charge in [-0.2, -0.15) is 4.98 Å². The molecular formula is C26H28N4O4. The molecule has 2 aromatic carbocycles. The van der Waals surface area contributed by atoms with Gasteiger partial charge in [-0.1, -0.05) is 13.8 Å². The molecule has 3 aromatic rings. The Hall–Kier alpha value is -3.81. The number of ether oxygens (including phenoxy) is 3. The molecule has 1 N–H and O–H groups in total. The number of nitrogens with one attached hydrogen (secondary N) is 1. The number of anilines is 1. The maximum Gasteiger partial charge on any atom is 0.226 e. The minimum atomic E-state index is -0.487. The van der Waals surface area contributed by atoms with Gasteiger partial charge in [-0.25, -0.2) is 4.68 Å². The Kier molecular flexibility index (Phi) is 5.31. The third-order valence-corrected chi connectivity index (χ3v) is 6.41. The molecule has 0 amide bonds. The van der Waals surface area contributed by atoms with Crippen molar-refractivity contribution in [3.63, 3.8) is 0 Å². The van der Waals surface area contributed by atoms with Crippen LogP contribution in [0.15, 0.2) is 53.7 Å². The summed E-state index contributed by atoms with van der Waals surface area (Å²) in [5, 5.41) is 8.26. The van der Waals surface area contributed by atoms with Crippen molar-refractivity contribution in [2.45, 2.75) is 32.7 Å². The molecule has 0 saturated heterocycles. The van der Waals surface area contributed by atoms with Crippen LogP contribution >= 0.6 is 0 Å². The second kappa shape index (κ2) is 8.20. The van der Waals surface area contributed by atoms with Gasteiger partial charge < -0.3 is 19.5 Å². The minimum absolute atomic E-state index is 0.0979. The molecule has 1 aliphatic heterocycles.